The fraction of sp³-hybridized carbons (Fsp3) is 0.891. The van der Waals surface area contributed by atoms with Gasteiger partial charge in [0.15, 0.2) is 31.1 Å². The van der Waals surface area contributed by atoms with Crippen molar-refractivity contribution in [1.82, 2.24) is 0 Å². The molecule has 9 heterocycles. The van der Waals surface area contributed by atoms with Gasteiger partial charge in [0.25, 0.3) is 0 Å². The fourth-order valence-corrected chi connectivity index (χ4v) is 11.8. The summed E-state index contributed by atoms with van der Waals surface area (Å²) >= 11 is 7.43. The van der Waals surface area contributed by atoms with Crippen molar-refractivity contribution in [2.45, 2.75) is 172 Å². The summed E-state index contributed by atoms with van der Waals surface area (Å²) in [6.45, 7) is 7.73. The fourth-order valence-electron chi connectivity index (χ4n) is 8.92. The van der Waals surface area contributed by atoms with Gasteiger partial charge in [0, 0.05) is 102 Å². The first-order valence-corrected chi connectivity index (χ1v) is 29.2. The third-order valence-electron chi connectivity index (χ3n) is 11.9. The van der Waals surface area contributed by atoms with Gasteiger partial charge in [0.05, 0.1) is 30.5 Å². The van der Waals surface area contributed by atoms with E-state index in [2.05, 4.69) is 28.7 Å². The van der Waals surface area contributed by atoms with Crippen LogP contribution in [0, 0.1) is 29.1 Å². The van der Waals surface area contributed by atoms with Gasteiger partial charge in [-0.05, 0) is 69.8 Å². The number of nitrogens with zero attached hydrogens (tertiary/aromatic N) is 1. The lowest BCUT2D eigenvalue weighted by Gasteiger charge is -2.44. The molecule has 0 aromatic heterocycles. The highest BCUT2D eigenvalue weighted by molar-refractivity contribution is 14.1. The van der Waals surface area contributed by atoms with Crippen LogP contribution in [0.1, 0.15) is 98.3 Å². The molecule has 6 bridgehead atoms. The van der Waals surface area contributed by atoms with Crippen LogP contribution in [0.15, 0.2) is 0 Å². The summed E-state index contributed by atoms with van der Waals surface area (Å²) in [5, 5.41) is 28.9. The maximum Gasteiger partial charge on any atom is 0.303 e. The van der Waals surface area contributed by atoms with Crippen molar-refractivity contribution in [3.8, 4) is 6.07 Å². The number of ether oxygens (including phenoxy) is 10. The first-order chi connectivity index (χ1) is 32.7. The standard InChI is InChI=1S/C17H25NO6S.C14H21IO6.C13H25NO4S.C2H6S.B.ClH/c1-11(19)22-15-13-6-3-4-8-21-17(16(15)23-12(2)20)24-14(13)10-25-9-5-7-18;1-8(16)19-12-10-5-3-4-6-18-14(21-11(10)7-15)13(12)20-9(2)17;14-5-3-7-19-8-10-9-4-1-2-6-17-13(18-10)12(16)11(9)15;1-3-2;;/h13-17H,3-6,8-10H2,1-2H3;10-14H,3-7H2,1-2H3;9-13,15-16H,1-8,14H2;1-2H3;;1H. The van der Waals surface area contributed by atoms with E-state index in [9.17, 15) is 29.4 Å². The van der Waals surface area contributed by atoms with Crippen molar-refractivity contribution in [3.05, 3.63) is 0 Å². The molecule has 0 aliphatic carbocycles. The molecule has 9 aliphatic heterocycles. The van der Waals surface area contributed by atoms with Crippen LogP contribution in [-0.4, -0.2) is 183 Å². The molecule has 403 valence electrons. The van der Waals surface area contributed by atoms with Crippen molar-refractivity contribution in [1.29, 1.82) is 5.26 Å². The van der Waals surface area contributed by atoms with Crippen LogP contribution in [0.3, 0.4) is 0 Å². The summed E-state index contributed by atoms with van der Waals surface area (Å²) in [7, 11) is 0. The lowest BCUT2D eigenvalue weighted by atomic mass is 9.85. The number of carbonyl (C=O) groups is 4. The number of nitriles is 1. The van der Waals surface area contributed by atoms with Gasteiger partial charge in [-0.25, -0.2) is 0 Å². The van der Waals surface area contributed by atoms with Crippen LogP contribution in [0.4, 0.5) is 0 Å². The van der Waals surface area contributed by atoms with E-state index in [1.54, 1.807) is 35.3 Å². The average molecular weight is 1180 g/mol. The van der Waals surface area contributed by atoms with Crippen molar-refractivity contribution in [2.75, 3.05) is 66.3 Å². The predicted molar refractivity (Wildman–Crippen MR) is 280 cm³/mol. The molecule has 0 aromatic rings. The third-order valence-corrected chi connectivity index (χ3v) is 14.9. The van der Waals surface area contributed by atoms with Gasteiger partial charge >= 0.3 is 23.9 Å². The summed E-state index contributed by atoms with van der Waals surface area (Å²) < 4.78 is 57.5. The maximum atomic E-state index is 11.6. The van der Waals surface area contributed by atoms with E-state index in [0.717, 1.165) is 85.9 Å². The second kappa shape index (κ2) is 37.8. The molecular formula is C46H78BClIN2O16S3. The Labute approximate surface area is 449 Å². The first kappa shape index (κ1) is 67.2. The normalized spacial score (nSPS) is 33.3. The smallest absolute Gasteiger partial charge is 0.303 e. The molecule has 24 heteroatoms. The molecule has 0 amide bonds. The number of alkyl halides is 1. The molecule has 0 aromatic carbocycles. The summed E-state index contributed by atoms with van der Waals surface area (Å²) in [5.41, 5.74) is 5.48. The molecule has 9 fully saturated rings. The van der Waals surface area contributed by atoms with Gasteiger partial charge in [-0.15, -0.1) is 12.4 Å². The van der Waals surface area contributed by atoms with Gasteiger partial charge in [-0.3, -0.25) is 19.2 Å². The third kappa shape index (κ3) is 22.9. The average Bonchev–Trinajstić information content (AvgIpc) is 3.61. The molecule has 0 spiro atoms. The van der Waals surface area contributed by atoms with Gasteiger partial charge in [0.2, 0.25) is 0 Å². The Morgan fingerprint density at radius 2 is 1.01 bits per heavy atom. The van der Waals surface area contributed by atoms with E-state index in [-0.39, 0.29) is 62.9 Å². The molecule has 0 saturated carbocycles. The Hall–Kier alpha value is -0.855. The molecule has 70 heavy (non-hydrogen) atoms. The lowest BCUT2D eigenvalue weighted by Crippen LogP contribution is -2.58. The van der Waals surface area contributed by atoms with E-state index < -0.39 is 73.4 Å². The monoisotopic (exact) mass is 1180 g/mol. The van der Waals surface area contributed by atoms with Crippen LogP contribution < -0.4 is 5.73 Å². The van der Waals surface area contributed by atoms with Gasteiger partial charge in [0.1, 0.15) is 18.3 Å². The molecule has 15 atom stereocenters. The topological polar surface area (TPSA) is 251 Å². The summed E-state index contributed by atoms with van der Waals surface area (Å²) in [5.74, 6) is 1.52. The summed E-state index contributed by atoms with van der Waals surface area (Å²) in [4.78, 5) is 46.0. The molecule has 18 nitrogen and oxygen atoms in total. The minimum atomic E-state index is -0.923. The second-order valence-corrected chi connectivity index (χ2v) is 21.3. The van der Waals surface area contributed by atoms with Gasteiger partial charge in [-0.1, -0.05) is 41.9 Å². The van der Waals surface area contributed by atoms with Crippen molar-refractivity contribution in [3.63, 3.8) is 0 Å². The molecule has 4 N–H and O–H groups in total. The van der Waals surface area contributed by atoms with E-state index in [1.807, 2.05) is 12.5 Å². The Balaban J connectivity index is 0.000000507. The number of fused-ring (bicyclic) bond motifs is 18. The Morgan fingerprint density at radius 1 is 0.629 bits per heavy atom. The highest BCUT2D eigenvalue weighted by Gasteiger charge is 2.52. The number of esters is 4. The van der Waals surface area contributed by atoms with E-state index in [0.29, 0.717) is 38.5 Å². The number of carbonyl (C=O) groups excluding carboxylic acids is 4. The minimum Gasteiger partial charge on any atom is -0.458 e. The van der Waals surface area contributed by atoms with E-state index in [4.69, 9.17) is 58.4 Å². The van der Waals surface area contributed by atoms with Crippen LogP contribution >= 0.6 is 70.3 Å². The highest BCUT2D eigenvalue weighted by Crippen LogP contribution is 2.39. The Bertz CT molecular complexity index is 1540. The van der Waals surface area contributed by atoms with Crippen LogP contribution in [-0.2, 0) is 66.5 Å². The van der Waals surface area contributed by atoms with Crippen LogP contribution in [0.25, 0.3) is 0 Å². The predicted octanol–water partition coefficient (Wildman–Crippen LogP) is 5.22. The zero-order valence-electron chi connectivity index (χ0n) is 41.5. The lowest BCUT2D eigenvalue weighted by molar-refractivity contribution is -0.285. The molecule has 9 aliphatic rings. The van der Waals surface area contributed by atoms with Crippen LogP contribution in [0.5, 0.6) is 0 Å². The summed E-state index contributed by atoms with van der Waals surface area (Å²) in [6, 6.07) is 2.12. The number of hydrogen-bond acceptors (Lipinski definition) is 21. The number of hydrogen-bond donors (Lipinski definition) is 3. The van der Waals surface area contributed by atoms with Crippen molar-refractivity contribution >= 4 is 103 Å². The zero-order chi connectivity index (χ0) is 50.0. The minimum absolute atomic E-state index is 0. The number of rotatable bonds is 14. The van der Waals surface area contributed by atoms with Crippen LogP contribution in [0.2, 0.25) is 0 Å². The number of thioether (sulfide) groups is 3. The van der Waals surface area contributed by atoms with E-state index in [1.165, 1.54) is 27.7 Å². The van der Waals surface area contributed by atoms with E-state index >= 15 is 0 Å². The SMILES string of the molecule is CC(=O)OC1C2OCCCCC(C(CI)O2)C1OC(C)=O.CC(=O)OC1C2OCCCCC(C(CSCCC#N)O2)C1OC(C)=O.CSC.Cl.NCCCSCC1OC2OCCCCC1C(O)C2O.[B]. The molecule has 9 saturated heterocycles. The number of halogens is 2. The van der Waals surface area contributed by atoms with Crippen molar-refractivity contribution < 1.29 is 76.8 Å². The molecular weight excluding hydrogens is 1110 g/mol. The van der Waals surface area contributed by atoms with Gasteiger partial charge < -0.3 is 63.3 Å². The quantitative estimate of drug-likeness (QED) is 0.0504. The van der Waals surface area contributed by atoms with Gasteiger partial charge in [-0.2, -0.15) is 40.5 Å². The first-order valence-electron chi connectivity index (χ1n) is 23.8. The molecule has 9 rings (SSSR count). The number of aliphatic hydroxyl groups is 2. The highest BCUT2D eigenvalue weighted by atomic mass is 127. The molecule has 3 radical (unpaired) electrons. The molecule has 15 unspecified atom stereocenters. The number of nitrogens with two attached hydrogens (primary N) is 1. The second-order valence-electron chi connectivity index (χ2n) is 17.3. The summed E-state index contributed by atoms with van der Waals surface area (Å²) in [6.07, 6.45) is 7.17. The Kier molecular flexibility index (Phi) is 36.3. The largest absolute Gasteiger partial charge is 0.458 e. The zero-order valence-corrected chi connectivity index (χ0v) is 46.9. The Morgan fingerprint density at radius 3 is 1.46 bits per heavy atom. The maximum absolute atomic E-state index is 11.6. The number of aliphatic hydroxyl groups excluding tert-OH is 2. The van der Waals surface area contributed by atoms with Crippen molar-refractivity contribution in [2.24, 2.45) is 23.5 Å².